The van der Waals surface area contributed by atoms with Crippen molar-refractivity contribution >= 4 is 51.7 Å². The number of rotatable bonds is 7. The van der Waals surface area contributed by atoms with Gasteiger partial charge in [0.05, 0.1) is 17.8 Å². The summed E-state index contributed by atoms with van der Waals surface area (Å²) < 4.78 is 5.56. The number of amides is 3. The highest BCUT2D eigenvalue weighted by Crippen LogP contribution is 2.23. The third-order valence-electron chi connectivity index (χ3n) is 6.51. The number of ether oxygens (including phenoxy) is 1. The molecule has 0 spiro atoms. The van der Waals surface area contributed by atoms with Gasteiger partial charge >= 0.3 is 6.09 Å². The highest BCUT2D eigenvalue weighted by atomic mass is 35.5. The summed E-state index contributed by atoms with van der Waals surface area (Å²) in [6.45, 7) is 10.2. The lowest BCUT2D eigenvalue weighted by Gasteiger charge is -2.39. The molecule has 39 heavy (non-hydrogen) atoms. The van der Waals surface area contributed by atoms with Crippen LogP contribution in [0.4, 0.5) is 4.79 Å². The van der Waals surface area contributed by atoms with Gasteiger partial charge in [0, 0.05) is 33.9 Å². The fourth-order valence-corrected chi connectivity index (χ4v) is 5.79. The zero-order chi connectivity index (χ0) is 28.3. The highest BCUT2D eigenvalue weighted by Gasteiger charge is 2.36. The third-order valence-corrected chi connectivity index (χ3v) is 7.98. The van der Waals surface area contributed by atoms with Crippen molar-refractivity contribution in [2.75, 3.05) is 13.1 Å². The topological polar surface area (TPSA) is 116 Å². The first kappa shape index (κ1) is 28.9. The molecule has 3 aromatic rings. The predicted octanol–water partition coefficient (Wildman–Crippen LogP) is 5.33. The van der Waals surface area contributed by atoms with Crippen molar-refractivity contribution in [1.29, 1.82) is 0 Å². The number of likely N-dealkylation sites (tertiary alicyclic amines) is 1. The first-order chi connectivity index (χ1) is 18.5. The van der Waals surface area contributed by atoms with E-state index in [0.717, 1.165) is 40.7 Å². The number of halogens is 1. The molecule has 210 valence electrons. The second kappa shape index (κ2) is 12.0. The van der Waals surface area contributed by atoms with Crippen LogP contribution in [0.1, 0.15) is 78.3 Å². The van der Waals surface area contributed by atoms with Crippen LogP contribution in [0.25, 0.3) is 10.9 Å². The summed E-state index contributed by atoms with van der Waals surface area (Å²) in [4.78, 5) is 49.8. The molecule has 4 rings (SSSR count). The number of fused-ring (bicyclic) bond motifs is 1. The molecule has 1 aliphatic rings. The van der Waals surface area contributed by atoms with Gasteiger partial charge in [0.25, 0.3) is 11.8 Å². The second-order valence-electron chi connectivity index (χ2n) is 10.8. The molecular weight excluding hydrogens is 538 g/mol. The molecule has 3 amide bonds. The molecule has 11 heteroatoms. The van der Waals surface area contributed by atoms with Gasteiger partial charge in [-0.2, -0.15) is 0 Å². The van der Waals surface area contributed by atoms with Crippen molar-refractivity contribution in [3.05, 3.63) is 50.6 Å². The monoisotopic (exact) mass is 573 g/mol. The van der Waals surface area contributed by atoms with E-state index in [4.69, 9.17) is 16.3 Å². The van der Waals surface area contributed by atoms with Crippen molar-refractivity contribution in [3.63, 3.8) is 0 Å². The molecule has 1 saturated heterocycles. The van der Waals surface area contributed by atoms with E-state index in [1.807, 2.05) is 26.8 Å². The lowest BCUT2D eigenvalue weighted by Crippen LogP contribution is -2.61. The van der Waals surface area contributed by atoms with Crippen molar-refractivity contribution in [1.82, 2.24) is 25.5 Å². The number of aryl methyl sites for hydroxylation is 2. The summed E-state index contributed by atoms with van der Waals surface area (Å²) in [6, 6.07) is 6.13. The highest BCUT2D eigenvalue weighted by molar-refractivity contribution is 7.13. The lowest BCUT2D eigenvalue weighted by molar-refractivity contribution is 0.0161. The molecule has 9 nitrogen and oxygen atoms in total. The lowest BCUT2D eigenvalue weighted by atomic mass is 9.99. The van der Waals surface area contributed by atoms with Gasteiger partial charge in [-0.05, 0) is 64.3 Å². The molecule has 1 aliphatic heterocycles. The van der Waals surface area contributed by atoms with Gasteiger partial charge in [0.15, 0.2) is 5.01 Å². The summed E-state index contributed by atoms with van der Waals surface area (Å²) in [6.07, 6.45) is 2.60. The van der Waals surface area contributed by atoms with Gasteiger partial charge in [-0.3, -0.25) is 9.59 Å². The Labute approximate surface area is 237 Å². The fourth-order valence-electron chi connectivity index (χ4n) is 4.65. The number of piperidine rings is 1. The number of H-pyrrole nitrogens is 1. The molecule has 0 aliphatic carbocycles. The van der Waals surface area contributed by atoms with E-state index in [1.165, 1.54) is 11.3 Å². The Morgan fingerprint density at radius 3 is 2.59 bits per heavy atom. The van der Waals surface area contributed by atoms with Crippen LogP contribution in [0.2, 0.25) is 5.02 Å². The zero-order valence-corrected chi connectivity index (χ0v) is 24.6. The third kappa shape index (κ3) is 7.10. The van der Waals surface area contributed by atoms with Crippen molar-refractivity contribution in [2.45, 2.75) is 78.0 Å². The molecule has 0 unspecified atom stereocenters. The van der Waals surface area contributed by atoms with Gasteiger partial charge in [0.2, 0.25) is 0 Å². The maximum Gasteiger partial charge on any atom is 0.410 e. The average Bonchev–Trinajstić information content (AvgIpc) is 3.48. The first-order valence-electron chi connectivity index (χ1n) is 13.3. The Kier molecular flexibility index (Phi) is 8.86. The summed E-state index contributed by atoms with van der Waals surface area (Å²) in [5.74, 6) is -0.613. The van der Waals surface area contributed by atoms with E-state index in [0.29, 0.717) is 28.7 Å². The number of benzene rings is 1. The Bertz CT molecular complexity index is 1360. The van der Waals surface area contributed by atoms with Crippen LogP contribution in [0.5, 0.6) is 0 Å². The predicted molar refractivity (Wildman–Crippen MR) is 154 cm³/mol. The van der Waals surface area contributed by atoms with Gasteiger partial charge < -0.3 is 25.3 Å². The van der Waals surface area contributed by atoms with E-state index in [2.05, 4.69) is 34.4 Å². The number of hydrogen-bond acceptors (Lipinski definition) is 6. The number of carbonyl (C=O) groups is 3. The average molecular weight is 574 g/mol. The quantitative estimate of drug-likeness (QED) is 0.353. The Morgan fingerprint density at radius 2 is 1.90 bits per heavy atom. The van der Waals surface area contributed by atoms with Gasteiger partial charge in [-0.15, -0.1) is 11.3 Å². The number of aromatic amines is 1. The van der Waals surface area contributed by atoms with E-state index < -0.39 is 23.8 Å². The maximum absolute atomic E-state index is 13.3. The summed E-state index contributed by atoms with van der Waals surface area (Å²) >= 11 is 7.52. The van der Waals surface area contributed by atoms with E-state index in [1.54, 1.807) is 23.1 Å². The Morgan fingerprint density at radius 1 is 1.15 bits per heavy atom. The van der Waals surface area contributed by atoms with Crippen LogP contribution in [0.3, 0.4) is 0 Å². The molecule has 2 atom stereocenters. The number of thiazole rings is 1. The largest absolute Gasteiger partial charge is 0.444 e. The molecule has 1 fully saturated rings. The smallest absolute Gasteiger partial charge is 0.410 e. The number of aromatic nitrogens is 2. The zero-order valence-electron chi connectivity index (χ0n) is 23.0. The number of nitrogens with zero attached hydrogens (tertiary/aromatic N) is 2. The molecule has 2 aromatic heterocycles. The molecule has 0 radical (unpaired) electrons. The Hall–Kier alpha value is -3.11. The summed E-state index contributed by atoms with van der Waals surface area (Å²) in [7, 11) is 0. The molecule has 0 saturated carbocycles. The van der Waals surface area contributed by atoms with Crippen LogP contribution in [-0.4, -0.2) is 63.5 Å². The summed E-state index contributed by atoms with van der Waals surface area (Å²) in [5, 5.41) is 7.92. The SMILES string of the molecule is CCCc1nc(C(=O)N[C@@H]2CCN(C(=O)OC(C)(C)C)C[C@@H]2NC(=O)c2cc3cc(Cl)ccc3[nH]2)sc1CC. The normalized spacial score (nSPS) is 17.7. The van der Waals surface area contributed by atoms with Crippen LogP contribution in [0.15, 0.2) is 24.3 Å². The first-order valence-corrected chi connectivity index (χ1v) is 14.5. The van der Waals surface area contributed by atoms with Crippen molar-refractivity contribution in [2.24, 2.45) is 0 Å². The van der Waals surface area contributed by atoms with E-state index in [9.17, 15) is 14.4 Å². The molecule has 1 aromatic carbocycles. The Balaban J connectivity index is 1.54. The standard InChI is InChI=1S/C28H36ClN5O4S/c1-6-8-20-23(7-2)39-26(33-20)25(36)31-19-11-12-34(27(37)38-28(3,4)5)15-22(19)32-24(35)21-14-16-13-17(29)9-10-18(16)30-21/h9-10,13-14,19,22,30H,6-8,11-12,15H2,1-5H3,(H,31,36)(H,32,35)/t19-,22+/m1/s1. The molecular formula is C28H36ClN5O4S. The number of nitrogens with one attached hydrogen (secondary N) is 3. The van der Waals surface area contributed by atoms with Crippen LogP contribution in [-0.2, 0) is 17.6 Å². The fraction of sp³-hybridized carbons (Fsp3) is 0.500. The van der Waals surface area contributed by atoms with Crippen LogP contribution in [0, 0.1) is 0 Å². The number of carbonyl (C=O) groups excluding carboxylic acids is 3. The van der Waals surface area contributed by atoms with Gasteiger partial charge in [-0.25, -0.2) is 9.78 Å². The maximum atomic E-state index is 13.3. The van der Waals surface area contributed by atoms with E-state index in [-0.39, 0.29) is 18.4 Å². The van der Waals surface area contributed by atoms with Gasteiger partial charge in [0.1, 0.15) is 11.3 Å². The van der Waals surface area contributed by atoms with Gasteiger partial charge in [-0.1, -0.05) is 31.9 Å². The molecule has 3 N–H and O–H groups in total. The molecule has 0 bridgehead atoms. The van der Waals surface area contributed by atoms with Crippen molar-refractivity contribution < 1.29 is 19.1 Å². The van der Waals surface area contributed by atoms with Crippen LogP contribution >= 0.6 is 22.9 Å². The van der Waals surface area contributed by atoms with Crippen molar-refractivity contribution in [3.8, 4) is 0 Å². The minimum absolute atomic E-state index is 0.191. The minimum atomic E-state index is -0.648. The molecule has 3 heterocycles. The van der Waals surface area contributed by atoms with Crippen LogP contribution < -0.4 is 10.6 Å². The number of hydrogen-bond donors (Lipinski definition) is 3. The second-order valence-corrected chi connectivity index (χ2v) is 12.3. The summed E-state index contributed by atoms with van der Waals surface area (Å²) in [5.41, 5.74) is 1.47. The van der Waals surface area contributed by atoms with E-state index >= 15 is 0 Å². The minimum Gasteiger partial charge on any atom is -0.444 e.